The lowest BCUT2D eigenvalue weighted by Gasteiger charge is -2.36. The van der Waals surface area contributed by atoms with Crippen molar-refractivity contribution < 1.29 is 23.4 Å². The van der Waals surface area contributed by atoms with Gasteiger partial charge in [-0.1, -0.05) is 20.8 Å². The van der Waals surface area contributed by atoms with Crippen LogP contribution < -0.4 is 24.0 Å². The number of anilines is 1. The standard InChI is InChI=1S/C32H39NO5Si/c1-32(2,3)39(7,8)38-23-12-10-22(11-13-23)33-30-26-17-14-24(35-4)19-21(26)9-16-27(30)31(34)28-20-25(36-5)15-18-29(28)37-6/h10-15,17-20,33H,9,16H2,1-8H3. The zero-order valence-corrected chi connectivity index (χ0v) is 25.2. The number of carbonyl (C=O) groups is 1. The Labute approximate surface area is 233 Å². The van der Waals surface area contributed by atoms with Gasteiger partial charge in [-0.2, -0.15) is 0 Å². The van der Waals surface area contributed by atoms with Crippen molar-refractivity contribution in [2.75, 3.05) is 26.6 Å². The van der Waals surface area contributed by atoms with Crippen LogP contribution in [0.2, 0.25) is 18.1 Å². The molecule has 0 aromatic heterocycles. The van der Waals surface area contributed by atoms with Gasteiger partial charge in [0.2, 0.25) is 8.32 Å². The van der Waals surface area contributed by atoms with E-state index in [2.05, 4.69) is 39.2 Å². The second-order valence-corrected chi connectivity index (χ2v) is 16.0. The summed E-state index contributed by atoms with van der Waals surface area (Å²) in [4.78, 5) is 14.0. The third-order valence-corrected chi connectivity index (χ3v) is 12.1. The normalized spacial score (nSPS) is 13.4. The van der Waals surface area contributed by atoms with Gasteiger partial charge in [-0.3, -0.25) is 4.79 Å². The molecule has 0 bridgehead atoms. The highest BCUT2D eigenvalue weighted by molar-refractivity contribution is 6.74. The molecular formula is C32H39NO5Si. The molecule has 0 radical (unpaired) electrons. The first-order chi connectivity index (χ1) is 18.5. The Balaban J connectivity index is 1.75. The molecular weight excluding hydrogens is 506 g/mol. The van der Waals surface area contributed by atoms with Crippen LogP contribution in [0.3, 0.4) is 0 Å². The van der Waals surface area contributed by atoms with Crippen molar-refractivity contribution in [1.82, 2.24) is 0 Å². The molecule has 1 aliphatic rings. The summed E-state index contributed by atoms with van der Waals surface area (Å²) in [5.41, 5.74) is 4.94. The predicted octanol–water partition coefficient (Wildman–Crippen LogP) is 7.75. The first kappa shape index (κ1) is 28.3. The highest BCUT2D eigenvalue weighted by Gasteiger charge is 2.39. The SMILES string of the molecule is COc1ccc2c(c1)CCC(C(=O)c1cc(OC)ccc1OC)=C2Nc1ccc(O[Si](C)(C)C(C)(C)C)cc1. The fourth-order valence-electron chi connectivity index (χ4n) is 4.42. The van der Waals surface area contributed by atoms with E-state index in [1.54, 1.807) is 39.5 Å². The van der Waals surface area contributed by atoms with Crippen LogP contribution in [-0.4, -0.2) is 35.4 Å². The van der Waals surface area contributed by atoms with Crippen LogP contribution in [-0.2, 0) is 6.42 Å². The van der Waals surface area contributed by atoms with E-state index in [1.807, 2.05) is 42.5 Å². The Kier molecular flexibility index (Phi) is 8.11. The topological polar surface area (TPSA) is 66.0 Å². The number of fused-ring (bicyclic) bond motifs is 1. The summed E-state index contributed by atoms with van der Waals surface area (Å²) in [5, 5.41) is 3.67. The van der Waals surface area contributed by atoms with E-state index < -0.39 is 8.32 Å². The van der Waals surface area contributed by atoms with Crippen molar-refractivity contribution in [3.05, 3.63) is 82.9 Å². The molecule has 0 spiro atoms. The summed E-state index contributed by atoms with van der Waals surface area (Å²) in [6, 6.07) is 19.3. The van der Waals surface area contributed by atoms with Crippen LogP contribution in [0.15, 0.2) is 66.2 Å². The quantitative estimate of drug-likeness (QED) is 0.219. The van der Waals surface area contributed by atoms with Crippen LogP contribution >= 0.6 is 0 Å². The first-order valence-corrected chi connectivity index (χ1v) is 16.1. The Morgan fingerprint density at radius 3 is 2.03 bits per heavy atom. The molecule has 0 saturated heterocycles. The number of benzene rings is 3. The predicted molar refractivity (Wildman–Crippen MR) is 160 cm³/mol. The van der Waals surface area contributed by atoms with E-state index in [9.17, 15) is 4.79 Å². The van der Waals surface area contributed by atoms with Crippen molar-refractivity contribution in [2.45, 2.75) is 51.7 Å². The highest BCUT2D eigenvalue weighted by atomic mass is 28.4. The van der Waals surface area contributed by atoms with E-state index in [4.69, 9.17) is 18.6 Å². The van der Waals surface area contributed by atoms with Crippen molar-refractivity contribution in [3.8, 4) is 23.0 Å². The number of rotatable bonds is 9. The lowest BCUT2D eigenvalue weighted by atomic mass is 9.85. The summed E-state index contributed by atoms with van der Waals surface area (Å²) in [7, 11) is 2.87. The van der Waals surface area contributed by atoms with Gasteiger partial charge in [0, 0.05) is 16.8 Å². The van der Waals surface area contributed by atoms with Gasteiger partial charge in [-0.15, -0.1) is 0 Å². The molecule has 1 N–H and O–H groups in total. The Bertz CT molecular complexity index is 1390. The molecule has 1 aliphatic carbocycles. The third kappa shape index (κ3) is 5.98. The summed E-state index contributed by atoms with van der Waals surface area (Å²) < 4.78 is 22.9. The second-order valence-electron chi connectivity index (χ2n) is 11.3. The fraction of sp³-hybridized carbons (Fsp3) is 0.344. The maximum Gasteiger partial charge on any atom is 0.250 e. The Morgan fingerprint density at radius 1 is 0.795 bits per heavy atom. The second kappa shape index (κ2) is 11.2. The van der Waals surface area contributed by atoms with E-state index in [1.165, 1.54) is 0 Å². The largest absolute Gasteiger partial charge is 0.544 e. The minimum absolute atomic E-state index is 0.0902. The van der Waals surface area contributed by atoms with Crippen molar-refractivity contribution in [1.29, 1.82) is 0 Å². The summed E-state index contributed by atoms with van der Waals surface area (Å²) in [6.07, 6.45) is 1.30. The summed E-state index contributed by atoms with van der Waals surface area (Å²) in [6.45, 7) is 11.2. The molecule has 4 rings (SSSR count). The molecule has 3 aromatic rings. The van der Waals surface area contributed by atoms with Gasteiger partial charge in [0.1, 0.15) is 23.0 Å². The van der Waals surface area contributed by atoms with Crippen LogP contribution in [0, 0.1) is 0 Å². The molecule has 206 valence electrons. The van der Waals surface area contributed by atoms with Crippen molar-refractivity contribution in [2.24, 2.45) is 0 Å². The molecule has 0 unspecified atom stereocenters. The number of methoxy groups -OCH3 is 3. The van der Waals surface area contributed by atoms with Crippen molar-refractivity contribution >= 4 is 25.5 Å². The lowest BCUT2D eigenvalue weighted by molar-refractivity contribution is 0.102. The average molecular weight is 546 g/mol. The Hall–Kier alpha value is -3.71. The molecule has 0 aliphatic heterocycles. The number of ketones is 1. The highest BCUT2D eigenvalue weighted by Crippen LogP contribution is 2.39. The third-order valence-electron chi connectivity index (χ3n) is 7.76. The van der Waals surface area contributed by atoms with E-state index in [-0.39, 0.29) is 10.8 Å². The van der Waals surface area contributed by atoms with Gasteiger partial charge in [0.15, 0.2) is 5.78 Å². The van der Waals surface area contributed by atoms with E-state index in [0.717, 1.165) is 40.4 Å². The number of ether oxygens (including phenoxy) is 3. The van der Waals surface area contributed by atoms with Crippen LogP contribution in [0.1, 0.15) is 48.7 Å². The maximum atomic E-state index is 14.0. The molecule has 39 heavy (non-hydrogen) atoms. The van der Waals surface area contributed by atoms with Crippen LogP contribution in [0.5, 0.6) is 23.0 Å². The minimum Gasteiger partial charge on any atom is -0.544 e. The molecule has 3 aromatic carbocycles. The van der Waals surface area contributed by atoms with Crippen molar-refractivity contribution in [3.63, 3.8) is 0 Å². The van der Waals surface area contributed by atoms with Gasteiger partial charge in [-0.05, 0) is 97.2 Å². The van der Waals surface area contributed by atoms with Gasteiger partial charge in [0.05, 0.1) is 32.6 Å². The molecule has 0 atom stereocenters. The number of hydrogen-bond donors (Lipinski definition) is 1. The molecule has 6 nitrogen and oxygen atoms in total. The number of allylic oxidation sites excluding steroid dienone is 1. The minimum atomic E-state index is -1.95. The number of carbonyl (C=O) groups excluding carboxylic acids is 1. The zero-order chi connectivity index (χ0) is 28.4. The van der Waals surface area contributed by atoms with Crippen LogP contribution in [0.4, 0.5) is 5.69 Å². The molecule has 0 heterocycles. The first-order valence-electron chi connectivity index (χ1n) is 13.2. The van der Waals surface area contributed by atoms with Crippen LogP contribution in [0.25, 0.3) is 5.70 Å². The molecule has 0 saturated carbocycles. The smallest absolute Gasteiger partial charge is 0.250 e. The van der Waals surface area contributed by atoms with Gasteiger partial charge in [-0.25, -0.2) is 0 Å². The maximum absolute atomic E-state index is 14.0. The van der Waals surface area contributed by atoms with Gasteiger partial charge >= 0.3 is 0 Å². The number of hydrogen-bond acceptors (Lipinski definition) is 6. The van der Waals surface area contributed by atoms with Gasteiger partial charge in [0.25, 0.3) is 0 Å². The number of Topliss-reactive ketones (excluding diaryl/α,β-unsaturated/α-hetero) is 1. The Morgan fingerprint density at radius 2 is 1.41 bits per heavy atom. The monoisotopic (exact) mass is 545 g/mol. The molecule has 0 fully saturated rings. The fourth-order valence-corrected chi connectivity index (χ4v) is 5.45. The molecule has 7 heteroatoms. The van der Waals surface area contributed by atoms with E-state index in [0.29, 0.717) is 29.1 Å². The number of nitrogens with one attached hydrogen (secondary N) is 1. The molecule has 0 amide bonds. The number of aryl methyl sites for hydroxylation is 1. The summed E-state index contributed by atoms with van der Waals surface area (Å²) >= 11 is 0. The van der Waals surface area contributed by atoms with E-state index >= 15 is 0 Å². The van der Waals surface area contributed by atoms with Gasteiger partial charge < -0.3 is 24.0 Å². The summed E-state index contributed by atoms with van der Waals surface area (Å²) in [5.74, 6) is 2.68. The zero-order valence-electron chi connectivity index (χ0n) is 24.2. The lowest BCUT2D eigenvalue weighted by Crippen LogP contribution is -2.43. The average Bonchev–Trinajstić information content (AvgIpc) is 2.92.